The zero-order valence-corrected chi connectivity index (χ0v) is 13.8. The molecule has 2 amide bonds. The van der Waals surface area contributed by atoms with Gasteiger partial charge in [0.2, 0.25) is 11.8 Å². The minimum Gasteiger partial charge on any atom is -0.343 e. The lowest BCUT2D eigenvalue weighted by molar-refractivity contribution is -0.134. The molecule has 2 atom stereocenters. The molecule has 1 N–H and O–H groups in total. The summed E-state index contributed by atoms with van der Waals surface area (Å²) in [7, 11) is -1.83. The molecule has 3 rings (SSSR count). The molecule has 1 aliphatic carbocycles. The summed E-state index contributed by atoms with van der Waals surface area (Å²) >= 11 is 0. The summed E-state index contributed by atoms with van der Waals surface area (Å²) in [6, 6.07) is 7.22. The molecular formula is C16H20N2O4S. The van der Waals surface area contributed by atoms with Crippen LogP contribution in [0.1, 0.15) is 23.5 Å². The lowest BCUT2D eigenvalue weighted by Crippen LogP contribution is -2.56. The number of likely N-dealkylation sites (N-methyl/N-ethyl adjacent to an activating group) is 1. The van der Waals surface area contributed by atoms with Crippen LogP contribution in [-0.4, -0.2) is 56.3 Å². The largest absolute Gasteiger partial charge is 0.343 e. The number of benzene rings is 1. The lowest BCUT2D eigenvalue weighted by Gasteiger charge is -2.29. The van der Waals surface area contributed by atoms with Gasteiger partial charge in [0, 0.05) is 19.5 Å². The molecule has 7 heteroatoms. The van der Waals surface area contributed by atoms with Crippen LogP contribution in [0.3, 0.4) is 0 Å². The highest BCUT2D eigenvalue weighted by Gasteiger charge is 2.36. The van der Waals surface area contributed by atoms with Crippen molar-refractivity contribution in [3.8, 4) is 0 Å². The summed E-state index contributed by atoms with van der Waals surface area (Å²) in [5, 5.41) is 2.49. The minimum absolute atomic E-state index is 0.260. The third-order valence-electron chi connectivity index (χ3n) is 4.53. The molecule has 0 saturated carbocycles. The van der Waals surface area contributed by atoms with Crippen LogP contribution in [0.2, 0.25) is 0 Å². The summed E-state index contributed by atoms with van der Waals surface area (Å²) in [6.45, 7) is 0.530. The van der Waals surface area contributed by atoms with E-state index in [1.54, 1.807) is 11.9 Å². The molecule has 1 saturated heterocycles. The van der Waals surface area contributed by atoms with E-state index in [0.29, 0.717) is 6.54 Å². The van der Waals surface area contributed by atoms with Crippen LogP contribution in [0.4, 0.5) is 0 Å². The zero-order valence-electron chi connectivity index (χ0n) is 13.0. The van der Waals surface area contributed by atoms with E-state index in [1.807, 2.05) is 12.1 Å². The predicted molar refractivity (Wildman–Crippen MR) is 85.7 cm³/mol. The van der Waals surface area contributed by atoms with Gasteiger partial charge >= 0.3 is 0 Å². The molecule has 124 valence electrons. The highest BCUT2D eigenvalue weighted by molar-refractivity contribution is 7.92. The molecule has 1 fully saturated rings. The second-order valence-electron chi connectivity index (χ2n) is 6.33. The maximum absolute atomic E-state index is 12.5. The Morgan fingerprint density at radius 3 is 2.83 bits per heavy atom. The number of carbonyl (C=O) groups excluding carboxylic acids is 2. The normalized spacial score (nSPS) is 25.5. The zero-order chi connectivity index (χ0) is 16.6. The van der Waals surface area contributed by atoms with Crippen molar-refractivity contribution in [3.05, 3.63) is 35.4 Å². The van der Waals surface area contributed by atoms with E-state index in [4.69, 9.17) is 0 Å². The first-order chi connectivity index (χ1) is 10.9. The van der Waals surface area contributed by atoms with Crippen LogP contribution in [0, 0.1) is 0 Å². The maximum atomic E-state index is 12.5. The quantitative estimate of drug-likeness (QED) is 0.848. The number of hydrogen-bond donors (Lipinski definition) is 1. The molecule has 0 bridgehead atoms. The Labute approximate surface area is 135 Å². The van der Waals surface area contributed by atoms with Gasteiger partial charge in [0.1, 0.15) is 11.8 Å². The second kappa shape index (κ2) is 5.96. The van der Waals surface area contributed by atoms with E-state index in [-0.39, 0.29) is 17.6 Å². The van der Waals surface area contributed by atoms with Gasteiger partial charge in [0.25, 0.3) is 0 Å². The van der Waals surface area contributed by atoms with Crippen molar-refractivity contribution in [1.29, 1.82) is 0 Å². The number of rotatable bonds is 3. The molecule has 0 radical (unpaired) electrons. The fourth-order valence-electron chi connectivity index (χ4n) is 3.44. The fourth-order valence-corrected chi connectivity index (χ4v) is 4.78. The smallest absolute Gasteiger partial charge is 0.245 e. The molecule has 1 unspecified atom stereocenters. The summed E-state index contributed by atoms with van der Waals surface area (Å²) in [6.07, 6.45) is 1.98. The summed E-state index contributed by atoms with van der Waals surface area (Å²) in [4.78, 5) is 25.5. The Morgan fingerprint density at radius 1 is 1.35 bits per heavy atom. The van der Waals surface area contributed by atoms with Crippen molar-refractivity contribution < 1.29 is 18.0 Å². The van der Waals surface area contributed by atoms with Crippen LogP contribution >= 0.6 is 0 Å². The second-order valence-corrected chi connectivity index (χ2v) is 8.44. The molecule has 0 spiro atoms. The summed E-state index contributed by atoms with van der Waals surface area (Å²) < 4.78 is 23.4. The first-order valence-electron chi connectivity index (χ1n) is 7.68. The van der Waals surface area contributed by atoms with E-state index in [9.17, 15) is 18.0 Å². The fraction of sp³-hybridized carbons (Fsp3) is 0.500. The van der Waals surface area contributed by atoms with Gasteiger partial charge in [0.05, 0.1) is 5.75 Å². The molecular weight excluding hydrogens is 316 g/mol. The molecule has 6 nitrogen and oxygen atoms in total. The van der Waals surface area contributed by atoms with Crippen molar-refractivity contribution >= 4 is 21.7 Å². The van der Waals surface area contributed by atoms with E-state index in [1.165, 1.54) is 11.1 Å². The molecule has 1 heterocycles. The van der Waals surface area contributed by atoms with E-state index < -0.39 is 27.5 Å². The number of nitrogens with zero attached hydrogens (tertiary/aromatic N) is 1. The third-order valence-corrected chi connectivity index (χ3v) is 6.08. The monoisotopic (exact) mass is 336 g/mol. The van der Waals surface area contributed by atoms with Crippen LogP contribution < -0.4 is 5.32 Å². The number of hydrogen-bond acceptors (Lipinski definition) is 4. The van der Waals surface area contributed by atoms with Crippen molar-refractivity contribution in [2.75, 3.05) is 25.1 Å². The Kier molecular flexibility index (Phi) is 4.14. The molecule has 1 aliphatic heterocycles. The molecule has 2 aliphatic rings. The third kappa shape index (κ3) is 3.39. The molecule has 1 aromatic carbocycles. The number of nitrogens with one attached hydrogen (secondary N) is 1. The van der Waals surface area contributed by atoms with Crippen molar-refractivity contribution in [3.63, 3.8) is 0 Å². The first-order valence-corrected chi connectivity index (χ1v) is 9.50. The van der Waals surface area contributed by atoms with Crippen LogP contribution in [0.25, 0.3) is 0 Å². The van der Waals surface area contributed by atoms with E-state index >= 15 is 0 Å². The van der Waals surface area contributed by atoms with E-state index in [2.05, 4.69) is 17.4 Å². The van der Waals surface area contributed by atoms with Crippen LogP contribution in [0.15, 0.2) is 24.3 Å². The average Bonchev–Trinajstić information content (AvgIpc) is 2.87. The number of sulfone groups is 1. The van der Waals surface area contributed by atoms with E-state index in [0.717, 1.165) is 12.8 Å². The molecule has 23 heavy (non-hydrogen) atoms. The van der Waals surface area contributed by atoms with Crippen LogP contribution in [0.5, 0.6) is 0 Å². The Bertz CT molecular complexity index is 744. The van der Waals surface area contributed by atoms with Gasteiger partial charge in [-0.25, -0.2) is 8.42 Å². The van der Waals surface area contributed by atoms with Crippen molar-refractivity contribution in [1.82, 2.24) is 10.2 Å². The maximum Gasteiger partial charge on any atom is 0.245 e. The minimum atomic E-state index is -3.50. The van der Waals surface area contributed by atoms with Gasteiger partial charge in [-0.1, -0.05) is 24.3 Å². The van der Waals surface area contributed by atoms with Gasteiger partial charge in [0.15, 0.2) is 9.84 Å². The summed E-state index contributed by atoms with van der Waals surface area (Å²) in [5.41, 5.74) is 2.57. The van der Waals surface area contributed by atoms with Crippen molar-refractivity contribution in [2.45, 2.75) is 24.8 Å². The van der Waals surface area contributed by atoms with Gasteiger partial charge in [-0.2, -0.15) is 0 Å². The van der Waals surface area contributed by atoms with Gasteiger partial charge < -0.3 is 10.2 Å². The van der Waals surface area contributed by atoms with Crippen LogP contribution in [-0.2, 0) is 25.8 Å². The Morgan fingerprint density at radius 2 is 2.09 bits per heavy atom. The Balaban J connectivity index is 1.68. The average molecular weight is 336 g/mol. The summed E-state index contributed by atoms with van der Waals surface area (Å²) in [5.74, 6) is -1.53. The SMILES string of the molecule is CN(CC1CCc2ccccc21)C(=O)[C@@H]1CS(=O)(=O)CC(=O)N1. The Hall–Kier alpha value is -1.89. The van der Waals surface area contributed by atoms with Gasteiger partial charge in [-0.3, -0.25) is 9.59 Å². The number of carbonyl (C=O) groups is 2. The topological polar surface area (TPSA) is 83.6 Å². The number of amides is 2. The van der Waals surface area contributed by atoms with Gasteiger partial charge in [-0.05, 0) is 24.0 Å². The number of aryl methyl sites for hydroxylation is 1. The molecule has 1 aromatic rings. The van der Waals surface area contributed by atoms with Gasteiger partial charge in [-0.15, -0.1) is 0 Å². The van der Waals surface area contributed by atoms with Crippen molar-refractivity contribution in [2.24, 2.45) is 0 Å². The predicted octanol–water partition coefficient (Wildman–Crippen LogP) is 0.0880. The highest BCUT2D eigenvalue weighted by Crippen LogP contribution is 2.33. The highest BCUT2D eigenvalue weighted by atomic mass is 32.2. The first kappa shape index (κ1) is 16.0. The standard InChI is InChI=1S/C16H20N2O4S/c1-18(8-12-7-6-11-4-2-3-5-13(11)12)16(20)14-9-23(21,22)10-15(19)17-14/h2-5,12,14H,6-10H2,1H3,(H,17,19)/t12?,14-/m0/s1. The number of fused-ring (bicyclic) bond motifs is 1. The lowest BCUT2D eigenvalue weighted by atomic mass is 10.0. The molecule has 0 aromatic heterocycles.